The normalized spacial score (nSPS) is 13.3. The summed E-state index contributed by atoms with van der Waals surface area (Å²) in [6.45, 7) is 8.75. The van der Waals surface area contributed by atoms with Crippen molar-refractivity contribution >= 4 is 39.9 Å². The summed E-state index contributed by atoms with van der Waals surface area (Å²) in [5.41, 5.74) is 6.28. The third kappa shape index (κ3) is 5.28. The van der Waals surface area contributed by atoms with E-state index in [-0.39, 0.29) is 24.9 Å². The Labute approximate surface area is 170 Å². The largest absolute Gasteiger partial charge is 0.480 e. The third-order valence-electron chi connectivity index (χ3n) is 4.20. The molecule has 27 heavy (non-hydrogen) atoms. The molecule has 0 aliphatic rings. The topological polar surface area (TPSA) is 99.4 Å². The minimum Gasteiger partial charge on any atom is -0.480 e. The van der Waals surface area contributed by atoms with E-state index in [9.17, 15) is 4.79 Å². The number of aromatic nitrogens is 2. The van der Waals surface area contributed by atoms with Gasteiger partial charge in [0.05, 0.1) is 22.9 Å². The first-order valence-electron chi connectivity index (χ1n) is 8.60. The molecule has 0 aliphatic carbocycles. The van der Waals surface area contributed by atoms with E-state index in [0.717, 1.165) is 17.4 Å². The molecule has 0 bridgehead atoms. The van der Waals surface area contributed by atoms with Crippen molar-refractivity contribution in [2.24, 2.45) is 11.7 Å². The molecular formula is C18H29ClN4O3S. The second-order valence-electron chi connectivity index (χ2n) is 7.14. The Morgan fingerprint density at radius 1 is 1.33 bits per heavy atom. The lowest BCUT2D eigenvalue weighted by atomic mass is 9.90. The summed E-state index contributed by atoms with van der Waals surface area (Å²) in [5, 5.41) is 3.87. The molecule has 0 spiro atoms. The molecule has 0 fully saturated rings. The van der Waals surface area contributed by atoms with E-state index < -0.39 is 5.54 Å². The lowest BCUT2D eigenvalue weighted by Crippen LogP contribution is -2.52. The van der Waals surface area contributed by atoms with Crippen LogP contribution in [0, 0.1) is 12.8 Å². The molecular weight excluding hydrogens is 388 g/mol. The Morgan fingerprint density at radius 3 is 2.52 bits per heavy atom. The SMILES string of the molecule is COCc1nc(OC)c2c(C)c(C(=O)NC(C)(CN)CC(C)C)sc2n1.Cl. The average Bonchev–Trinajstić information content (AvgIpc) is 2.90. The van der Waals surface area contributed by atoms with Crippen LogP contribution < -0.4 is 15.8 Å². The Hall–Kier alpha value is -1.48. The van der Waals surface area contributed by atoms with Gasteiger partial charge in [-0.2, -0.15) is 4.98 Å². The highest BCUT2D eigenvalue weighted by Gasteiger charge is 2.29. The molecule has 9 heteroatoms. The molecule has 0 aromatic carbocycles. The van der Waals surface area contributed by atoms with Crippen LogP contribution in [0.5, 0.6) is 5.88 Å². The average molecular weight is 417 g/mol. The quantitative estimate of drug-likeness (QED) is 0.686. The number of carbonyl (C=O) groups excluding carboxylic acids is 1. The summed E-state index contributed by atoms with van der Waals surface area (Å²) < 4.78 is 10.5. The van der Waals surface area contributed by atoms with Gasteiger partial charge in [-0.3, -0.25) is 4.79 Å². The lowest BCUT2D eigenvalue weighted by molar-refractivity contribution is 0.0902. The van der Waals surface area contributed by atoms with Gasteiger partial charge in [-0.25, -0.2) is 4.98 Å². The molecule has 2 rings (SSSR count). The van der Waals surface area contributed by atoms with Crippen molar-refractivity contribution in [1.29, 1.82) is 0 Å². The number of rotatable bonds is 8. The Bertz CT molecular complexity index is 796. The van der Waals surface area contributed by atoms with Crippen LogP contribution in [0.25, 0.3) is 10.2 Å². The van der Waals surface area contributed by atoms with Crippen molar-refractivity contribution in [2.45, 2.75) is 46.3 Å². The van der Waals surface area contributed by atoms with Crippen molar-refractivity contribution in [1.82, 2.24) is 15.3 Å². The van der Waals surface area contributed by atoms with Crippen molar-refractivity contribution in [3.63, 3.8) is 0 Å². The number of amides is 1. The fraction of sp³-hybridized carbons (Fsp3) is 0.611. The first-order chi connectivity index (χ1) is 12.2. The molecule has 2 aromatic heterocycles. The summed E-state index contributed by atoms with van der Waals surface area (Å²) in [6, 6.07) is 0. The molecule has 0 saturated carbocycles. The van der Waals surface area contributed by atoms with E-state index >= 15 is 0 Å². The van der Waals surface area contributed by atoms with Gasteiger partial charge in [0.1, 0.15) is 11.4 Å². The van der Waals surface area contributed by atoms with Crippen molar-refractivity contribution in [3.05, 3.63) is 16.3 Å². The van der Waals surface area contributed by atoms with Gasteiger partial charge in [0.2, 0.25) is 5.88 Å². The summed E-state index contributed by atoms with van der Waals surface area (Å²) in [5.74, 6) is 1.26. The first-order valence-corrected chi connectivity index (χ1v) is 9.41. The second-order valence-corrected chi connectivity index (χ2v) is 8.13. The van der Waals surface area contributed by atoms with E-state index in [1.165, 1.54) is 11.3 Å². The van der Waals surface area contributed by atoms with Crippen LogP contribution >= 0.6 is 23.7 Å². The number of nitrogens with one attached hydrogen (secondary N) is 1. The number of nitrogens with two attached hydrogens (primary N) is 1. The highest BCUT2D eigenvalue weighted by Crippen LogP contribution is 2.35. The molecule has 0 radical (unpaired) electrons. The number of carbonyl (C=O) groups is 1. The maximum absolute atomic E-state index is 12.9. The fourth-order valence-corrected chi connectivity index (χ4v) is 4.21. The molecule has 2 heterocycles. The summed E-state index contributed by atoms with van der Waals surface area (Å²) in [4.78, 5) is 23.1. The van der Waals surface area contributed by atoms with Crippen LogP contribution in [0.3, 0.4) is 0 Å². The predicted octanol–water partition coefficient (Wildman–Crippen LogP) is 3.07. The highest BCUT2D eigenvalue weighted by molar-refractivity contribution is 7.20. The predicted molar refractivity (Wildman–Crippen MR) is 111 cm³/mol. The van der Waals surface area contributed by atoms with Gasteiger partial charge in [-0.1, -0.05) is 13.8 Å². The van der Waals surface area contributed by atoms with Gasteiger partial charge < -0.3 is 20.5 Å². The zero-order valence-electron chi connectivity index (χ0n) is 16.7. The number of fused-ring (bicyclic) bond motifs is 1. The van der Waals surface area contributed by atoms with E-state index in [1.807, 2.05) is 13.8 Å². The molecule has 0 saturated heterocycles. The van der Waals surface area contributed by atoms with E-state index in [2.05, 4.69) is 29.1 Å². The van der Waals surface area contributed by atoms with E-state index in [4.69, 9.17) is 15.2 Å². The van der Waals surface area contributed by atoms with Crippen molar-refractivity contribution in [2.75, 3.05) is 20.8 Å². The maximum Gasteiger partial charge on any atom is 0.262 e. The van der Waals surface area contributed by atoms with Crippen LogP contribution in [-0.2, 0) is 11.3 Å². The number of nitrogens with zero attached hydrogens (tertiary/aromatic N) is 2. The summed E-state index contributed by atoms with van der Waals surface area (Å²) >= 11 is 1.33. The minimum atomic E-state index is -0.454. The first kappa shape index (κ1) is 23.6. The van der Waals surface area contributed by atoms with Crippen LogP contribution in [0.15, 0.2) is 0 Å². The van der Waals surface area contributed by atoms with Gasteiger partial charge in [-0.05, 0) is 31.7 Å². The zero-order chi connectivity index (χ0) is 19.5. The number of halogens is 1. The minimum absolute atomic E-state index is 0. The standard InChI is InChI=1S/C18H28N4O3S.ClH/c1-10(2)7-18(4,9-19)22-15(23)14-11(3)13-16(25-6)20-12(8-24-5)21-17(13)26-14;/h10H,7-9,19H2,1-6H3,(H,22,23);1H. The van der Waals surface area contributed by atoms with Crippen molar-refractivity contribution in [3.8, 4) is 5.88 Å². The molecule has 152 valence electrons. The van der Waals surface area contributed by atoms with Gasteiger partial charge >= 0.3 is 0 Å². The second kappa shape index (κ2) is 9.64. The van der Waals surface area contributed by atoms with Crippen LogP contribution in [-0.4, -0.2) is 42.2 Å². The molecule has 7 nitrogen and oxygen atoms in total. The number of hydrogen-bond donors (Lipinski definition) is 2. The van der Waals surface area contributed by atoms with Crippen LogP contribution in [0.1, 0.15) is 48.3 Å². The Balaban J connectivity index is 0.00000364. The summed E-state index contributed by atoms with van der Waals surface area (Å²) in [7, 11) is 3.14. The van der Waals surface area contributed by atoms with Crippen LogP contribution in [0.4, 0.5) is 0 Å². The number of hydrogen-bond acceptors (Lipinski definition) is 7. The fourth-order valence-electron chi connectivity index (χ4n) is 3.12. The Morgan fingerprint density at radius 2 is 2.00 bits per heavy atom. The summed E-state index contributed by atoms with van der Waals surface area (Å²) in [6.07, 6.45) is 0.806. The van der Waals surface area contributed by atoms with Crippen LogP contribution in [0.2, 0.25) is 0 Å². The zero-order valence-corrected chi connectivity index (χ0v) is 18.3. The molecule has 1 atom stereocenters. The van der Waals surface area contributed by atoms with Gasteiger partial charge in [0.25, 0.3) is 5.91 Å². The number of ether oxygens (including phenoxy) is 2. The number of thiophene rings is 1. The molecule has 0 aliphatic heterocycles. The van der Waals surface area contributed by atoms with Gasteiger partial charge in [-0.15, -0.1) is 23.7 Å². The highest BCUT2D eigenvalue weighted by atomic mass is 35.5. The molecule has 1 amide bonds. The monoisotopic (exact) mass is 416 g/mol. The van der Waals surface area contributed by atoms with E-state index in [1.54, 1.807) is 14.2 Å². The number of aryl methyl sites for hydroxylation is 1. The number of methoxy groups -OCH3 is 2. The lowest BCUT2D eigenvalue weighted by Gasteiger charge is -2.31. The molecule has 3 N–H and O–H groups in total. The molecule has 2 aromatic rings. The van der Waals surface area contributed by atoms with Gasteiger partial charge in [0.15, 0.2) is 5.82 Å². The third-order valence-corrected chi connectivity index (χ3v) is 5.39. The molecule has 1 unspecified atom stereocenters. The van der Waals surface area contributed by atoms with Crippen molar-refractivity contribution < 1.29 is 14.3 Å². The Kier molecular flexibility index (Phi) is 8.41. The smallest absolute Gasteiger partial charge is 0.262 e. The van der Waals surface area contributed by atoms with E-state index in [0.29, 0.717) is 33.9 Å². The van der Waals surface area contributed by atoms with Gasteiger partial charge in [0, 0.05) is 13.7 Å². The maximum atomic E-state index is 12.9.